The van der Waals surface area contributed by atoms with Crippen molar-refractivity contribution in [1.29, 1.82) is 0 Å². The Hall–Kier alpha value is -2.57. The van der Waals surface area contributed by atoms with Gasteiger partial charge in [0.2, 0.25) is 5.91 Å². The molecule has 1 saturated heterocycles. The lowest BCUT2D eigenvalue weighted by atomic mass is 10.0. The van der Waals surface area contributed by atoms with E-state index in [9.17, 15) is 9.90 Å². The summed E-state index contributed by atoms with van der Waals surface area (Å²) in [6, 6.07) is 13.5. The first kappa shape index (κ1) is 19.7. The molecular weight excluding hydrogens is 390 g/mol. The number of aliphatic hydroxyl groups is 1. The summed E-state index contributed by atoms with van der Waals surface area (Å²) in [6.07, 6.45) is 1.09. The average Bonchev–Trinajstić information content (AvgIpc) is 3.42. The number of nitrogens with one attached hydrogen (secondary N) is 1. The average molecular weight is 414 g/mol. The van der Waals surface area contributed by atoms with Gasteiger partial charge >= 0.3 is 0 Å². The smallest absolute Gasteiger partial charge is 0.223 e. The van der Waals surface area contributed by atoms with Crippen molar-refractivity contribution in [3.8, 4) is 11.3 Å². The van der Waals surface area contributed by atoms with E-state index in [-0.39, 0.29) is 11.8 Å². The second kappa shape index (κ2) is 8.43. The van der Waals surface area contributed by atoms with Gasteiger partial charge in [0.05, 0.1) is 11.8 Å². The summed E-state index contributed by atoms with van der Waals surface area (Å²) in [5.41, 5.74) is 3.89. The first-order chi connectivity index (χ1) is 14.0. The van der Waals surface area contributed by atoms with E-state index >= 15 is 0 Å². The molecular formula is C22H24ClN3O3. The van der Waals surface area contributed by atoms with Gasteiger partial charge in [-0.25, -0.2) is 0 Å². The van der Waals surface area contributed by atoms with Gasteiger partial charge in [-0.15, -0.1) is 0 Å². The van der Waals surface area contributed by atoms with Crippen LogP contribution < -0.4 is 0 Å². The molecule has 2 atom stereocenters. The molecule has 0 aliphatic carbocycles. The van der Waals surface area contributed by atoms with E-state index in [1.807, 2.05) is 49.4 Å². The number of likely N-dealkylation sites (tertiary alicyclic amines) is 1. The van der Waals surface area contributed by atoms with Crippen LogP contribution in [0.15, 0.2) is 47.0 Å². The van der Waals surface area contributed by atoms with Crippen LogP contribution in [0.5, 0.6) is 0 Å². The molecule has 1 aliphatic rings. The van der Waals surface area contributed by atoms with Crippen molar-refractivity contribution in [1.82, 2.24) is 15.0 Å². The van der Waals surface area contributed by atoms with Gasteiger partial charge in [-0.2, -0.15) is 0 Å². The van der Waals surface area contributed by atoms with Crippen molar-refractivity contribution in [2.24, 2.45) is 5.92 Å². The molecule has 29 heavy (non-hydrogen) atoms. The summed E-state index contributed by atoms with van der Waals surface area (Å²) in [4.78, 5) is 17.7. The van der Waals surface area contributed by atoms with Crippen LogP contribution in [0, 0.1) is 12.8 Å². The largest absolute Gasteiger partial charge is 0.391 e. The van der Waals surface area contributed by atoms with Gasteiger partial charge in [0.1, 0.15) is 5.76 Å². The number of carbonyl (C=O) groups excluding carboxylic acids is 1. The molecule has 0 spiro atoms. The van der Waals surface area contributed by atoms with Crippen LogP contribution in [0.4, 0.5) is 0 Å². The fraction of sp³-hybridized carbons (Fsp3) is 0.364. The Balaban J connectivity index is 1.30. The number of H-pyrrole nitrogens is 1. The topological polar surface area (TPSA) is 82.4 Å². The van der Waals surface area contributed by atoms with Crippen LogP contribution in [0.2, 0.25) is 5.02 Å². The van der Waals surface area contributed by atoms with Crippen molar-refractivity contribution in [3.63, 3.8) is 0 Å². The lowest BCUT2D eigenvalue weighted by molar-refractivity contribution is -0.130. The Kier molecular flexibility index (Phi) is 5.74. The van der Waals surface area contributed by atoms with Gasteiger partial charge in [0, 0.05) is 54.3 Å². The molecule has 1 fully saturated rings. The number of aromatic nitrogens is 2. The van der Waals surface area contributed by atoms with E-state index in [0.29, 0.717) is 37.4 Å². The second-order valence-corrected chi connectivity index (χ2v) is 8.11. The van der Waals surface area contributed by atoms with Crippen LogP contribution in [0.1, 0.15) is 23.6 Å². The highest BCUT2D eigenvalue weighted by Crippen LogP contribution is 2.24. The van der Waals surface area contributed by atoms with Gasteiger partial charge in [-0.1, -0.05) is 28.9 Å². The molecule has 0 radical (unpaired) electrons. The maximum absolute atomic E-state index is 12.6. The van der Waals surface area contributed by atoms with E-state index in [4.69, 9.17) is 16.1 Å². The number of amides is 1. The fourth-order valence-corrected chi connectivity index (χ4v) is 3.94. The molecule has 0 saturated carbocycles. The van der Waals surface area contributed by atoms with Crippen molar-refractivity contribution >= 4 is 17.5 Å². The van der Waals surface area contributed by atoms with Gasteiger partial charge in [-0.05, 0) is 43.2 Å². The quantitative estimate of drug-likeness (QED) is 0.646. The Morgan fingerprint density at radius 2 is 2.07 bits per heavy atom. The normalized spacial score (nSPS) is 19.1. The maximum atomic E-state index is 12.6. The van der Waals surface area contributed by atoms with Crippen LogP contribution in [0.25, 0.3) is 11.3 Å². The molecule has 4 rings (SSSR count). The Morgan fingerprint density at radius 3 is 2.79 bits per heavy atom. The first-order valence-electron chi connectivity index (χ1n) is 9.80. The summed E-state index contributed by atoms with van der Waals surface area (Å²) >= 11 is 5.94. The molecule has 1 aromatic carbocycles. The molecule has 152 valence electrons. The van der Waals surface area contributed by atoms with Crippen LogP contribution >= 0.6 is 11.6 Å². The van der Waals surface area contributed by atoms with E-state index in [2.05, 4.69) is 10.1 Å². The molecule has 1 aliphatic heterocycles. The first-order valence-corrected chi connectivity index (χ1v) is 10.2. The number of rotatable bonds is 6. The van der Waals surface area contributed by atoms with E-state index in [1.165, 1.54) is 0 Å². The summed E-state index contributed by atoms with van der Waals surface area (Å²) in [7, 11) is 0. The molecule has 2 aromatic heterocycles. The van der Waals surface area contributed by atoms with Gasteiger partial charge < -0.3 is 19.5 Å². The highest BCUT2D eigenvalue weighted by molar-refractivity contribution is 6.30. The minimum atomic E-state index is -0.536. The number of aryl methyl sites for hydroxylation is 2. The number of hydrogen-bond donors (Lipinski definition) is 2. The number of aromatic amines is 1. The molecule has 3 heterocycles. The molecule has 0 unspecified atom stereocenters. The lowest BCUT2D eigenvalue weighted by Gasteiger charge is -2.15. The monoisotopic (exact) mass is 413 g/mol. The summed E-state index contributed by atoms with van der Waals surface area (Å²) in [5, 5.41) is 14.9. The molecule has 7 heteroatoms. The fourth-order valence-electron chi connectivity index (χ4n) is 3.81. The zero-order valence-corrected chi connectivity index (χ0v) is 17.0. The van der Waals surface area contributed by atoms with Gasteiger partial charge in [0.25, 0.3) is 0 Å². The molecule has 6 nitrogen and oxygen atoms in total. The minimum absolute atomic E-state index is 0.0201. The highest BCUT2D eigenvalue weighted by Gasteiger charge is 2.34. The van der Waals surface area contributed by atoms with Crippen molar-refractivity contribution in [2.75, 3.05) is 13.1 Å². The second-order valence-electron chi connectivity index (χ2n) is 7.67. The standard InChI is InChI=1S/C22H24ClN3O3/c1-14-10-19(29-25-14)11-16-12-26(13-21(16)27)22(28)9-7-18-6-8-20(24-18)15-2-4-17(23)5-3-15/h2-6,8,10,16,21,24,27H,7,9,11-13H2,1H3/t16-,21+/m1/s1. The van der Waals surface area contributed by atoms with E-state index in [0.717, 1.165) is 28.4 Å². The molecule has 3 aromatic rings. The summed E-state index contributed by atoms with van der Waals surface area (Å²) in [5.74, 6) is 0.790. The van der Waals surface area contributed by atoms with Crippen molar-refractivity contribution in [3.05, 3.63) is 64.6 Å². The number of aliphatic hydroxyl groups excluding tert-OH is 1. The van der Waals surface area contributed by atoms with Crippen LogP contribution in [-0.2, 0) is 17.6 Å². The zero-order valence-electron chi connectivity index (χ0n) is 16.3. The van der Waals surface area contributed by atoms with Gasteiger partial charge in [-0.3, -0.25) is 4.79 Å². The number of carbonyl (C=O) groups is 1. The number of halogens is 1. The van der Waals surface area contributed by atoms with E-state index < -0.39 is 6.10 Å². The predicted molar refractivity (Wildman–Crippen MR) is 111 cm³/mol. The number of β-amino-alcohol motifs (C(OH)–C–C–N with tert-alkyl or cyclic N) is 1. The molecule has 1 amide bonds. The van der Waals surface area contributed by atoms with Gasteiger partial charge in [0.15, 0.2) is 0 Å². The summed E-state index contributed by atoms with van der Waals surface area (Å²) in [6.45, 7) is 2.78. The maximum Gasteiger partial charge on any atom is 0.223 e. The Morgan fingerprint density at radius 1 is 1.28 bits per heavy atom. The number of benzene rings is 1. The molecule has 0 bridgehead atoms. The number of nitrogens with zero attached hydrogens (tertiary/aromatic N) is 2. The van der Waals surface area contributed by atoms with Crippen LogP contribution in [0.3, 0.4) is 0 Å². The third-order valence-electron chi connectivity index (χ3n) is 5.41. The highest BCUT2D eigenvalue weighted by atomic mass is 35.5. The van der Waals surface area contributed by atoms with Crippen molar-refractivity contribution < 1.29 is 14.4 Å². The predicted octanol–water partition coefficient (Wildman–Crippen LogP) is 3.63. The molecule has 2 N–H and O–H groups in total. The third kappa shape index (κ3) is 4.71. The third-order valence-corrected chi connectivity index (χ3v) is 5.66. The van der Waals surface area contributed by atoms with Crippen molar-refractivity contribution in [2.45, 2.75) is 32.3 Å². The zero-order chi connectivity index (χ0) is 20.4. The summed E-state index contributed by atoms with van der Waals surface area (Å²) < 4.78 is 5.24. The minimum Gasteiger partial charge on any atom is -0.391 e. The Labute approximate surface area is 174 Å². The SMILES string of the molecule is Cc1cc(C[C@@H]2CN(C(=O)CCc3ccc(-c4ccc(Cl)cc4)[nH]3)C[C@@H]2O)on1. The number of hydrogen-bond acceptors (Lipinski definition) is 4. The van der Waals surface area contributed by atoms with E-state index in [1.54, 1.807) is 4.90 Å². The lowest BCUT2D eigenvalue weighted by Crippen LogP contribution is -2.29. The Bertz CT molecular complexity index is 979. The van der Waals surface area contributed by atoms with Crippen LogP contribution in [-0.4, -0.2) is 45.2 Å².